The van der Waals surface area contributed by atoms with Crippen molar-refractivity contribution in [3.8, 4) is 0 Å². The van der Waals surface area contributed by atoms with E-state index in [1.165, 1.54) is 28.1 Å². The summed E-state index contributed by atoms with van der Waals surface area (Å²) in [7, 11) is -4.46. The molecule has 1 N–H and O–H groups in total. The van der Waals surface area contributed by atoms with Gasteiger partial charge in [-0.05, 0) is 44.2 Å². The SMILES string of the molecule is CC(C)OC(=O)N1CCN(C(=O)c2ccc(NS(=O)(=O)c3cccc4cccnc34)c(C(F)(F)F)c2)CC1. The van der Waals surface area contributed by atoms with E-state index < -0.39 is 39.5 Å². The van der Waals surface area contributed by atoms with Gasteiger partial charge in [0.05, 0.1) is 22.9 Å². The molecule has 202 valence electrons. The van der Waals surface area contributed by atoms with Crippen molar-refractivity contribution in [2.75, 3.05) is 30.9 Å². The summed E-state index contributed by atoms with van der Waals surface area (Å²) in [6, 6.07) is 10.3. The van der Waals surface area contributed by atoms with Crippen molar-refractivity contribution in [2.24, 2.45) is 0 Å². The second kappa shape index (κ2) is 10.5. The molecule has 2 heterocycles. The number of hydrogen-bond acceptors (Lipinski definition) is 6. The Balaban J connectivity index is 1.57. The maximum atomic E-state index is 14.0. The average Bonchev–Trinajstić information content (AvgIpc) is 2.87. The zero-order valence-electron chi connectivity index (χ0n) is 20.5. The van der Waals surface area contributed by atoms with Gasteiger partial charge in [0.2, 0.25) is 0 Å². The Labute approximate surface area is 217 Å². The molecule has 1 aliphatic rings. The van der Waals surface area contributed by atoms with Crippen LogP contribution < -0.4 is 4.72 Å². The minimum Gasteiger partial charge on any atom is -0.447 e. The zero-order chi connectivity index (χ0) is 27.7. The Kier molecular flexibility index (Phi) is 7.49. The number of sulfonamides is 1. The molecule has 1 aromatic heterocycles. The number of carbonyl (C=O) groups is 2. The van der Waals surface area contributed by atoms with E-state index in [9.17, 15) is 31.2 Å². The van der Waals surface area contributed by atoms with Crippen LogP contribution in [0.25, 0.3) is 10.9 Å². The van der Waals surface area contributed by atoms with Gasteiger partial charge in [-0.1, -0.05) is 18.2 Å². The predicted molar refractivity (Wildman–Crippen MR) is 133 cm³/mol. The molecule has 38 heavy (non-hydrogen) atoms. The van der Waals surface area contributed by atoms with Crippen LogP contribution >= 0.6 is 0 Å². The highest BCUT2D eigenvalue weighted by Gasteiger charge is 2.36. The van der Waals surface area contributed by atoms with Crippen LogP contribution in [0, 0.1) is 0 Å². The monoisotopic (exact) mass is 550 g/mol. The summed E-state index contributed by atoms with van der Waals surface area (Å²) < 4.78 is 75.2. The summed E-state index contributed by atoms with van der Waals surface area (Å²) in [6.45, 7) is 3.96. The first-order chi connectivity index (χ1) is 17.9. The number of nitrogens with one attached hydrogen (secondary N) is 1. The second-order valence-corrected chi connectivity index (χ2v) is 10.6. The highest BCUT2D eigenvalue weighted by atomic mass is 32.2. The molecule has 4 rings (SSSR count). The van der Waals surface area contributed by atoms with Gasteiger partial charge in [0.15, 0.2) is 0 Å². The van der Waals surface area contributed by atoms with E-state index in [1.807, 2.05) is 4.72 Å². The Morgan fingerprint density at radius 1 is 1.00 bits per heavy atom. The van der Waals surface area contributed by atoms with Crippen LogP contribution in [0.15, 0.2) is 59.6 Å². The smallest absolute Gasteiger partial charge is 0.418 e. The van der Waals surface area contributed by atoms with Crippen LogP contribution in [0.2, 0.25) is 0 Å². The number of ether oxygens (including phenoxy) is 1. The molecular formula is C25H25F3N4O5S. The van der Waals surface area contributed by atoms with Crippen molar-refractivity contribution in [2.45, 2.75) is 31.0 Å². The third-order valence-electron chi connectivity index (χ3n) is 5.86. The first-order valence-corrected chi connectivity index (χ1v) is 13.2. The van der Waals surface area contributed by atoms with E-state index in [0.717, 1.165) is 12.1 Å². The molecule has 0 atom stereocenters. The Hall–Kier alpha value is -3.87. The lowest BCUT2D eigenvalue weighted by molar-refractivity contribution is -0.136. The lowest BCUT2D eigenvalue weighted by Gasteiger charge is -2.34. The molecule has 0 aliphatic carbocycles. The van der Waals surface area contributed by atoms with E-state index in [-0.39, 0.29) is 48.3 Å². The molecule has 1 fully saturated rings. The van der Waals surface area contributed by atoms with E-state index in [1.54, 1.807) is 32.0 Å². The fourth-order valence-corrected chi connectivity index (χ4v) is 5.30. The summed E-state index contributed by atoms with van der Waals surface area (Å²) in [6.07, 6.45) is -4.40. The van der Waals surface area contributed by atoms with Gasteiger partial charge >= 0.3 is 12.3 Å². The van der Waals surface area contributed by atoms with Gasteiger partial charge in [0, 0.05) is 43.3 Å². The number of fused-ring (bicyclic) bond motifs is 1. The summed E-state index contributed by atoms with van der Waals surface area (Å²) >= 11 is 0. The van der Waals surface area contributed by atoms with Crippen molar-refractivity contribution < 1.29 is 35.9 Å². The van der Waals surface area contributed by atoms with E-state index in [2.05, 4.69) is 4.98 Å². The van der Waals surface area contributed by atoms with E-state index >= 15 is 0 Å². The number of carbonyl (C=O) groups excluding carboxylic acids is 2. The number of aromatic nitrogens is 1. The summed E-state index contributed by atoms with van der Waals surface area (Å²) in [5, 5.41) is 0.505. The molecule has 0 spiro atoms. The number of piperazine rings is 1. The van der Waals surface area contributed by atoms with Gasteiger partial charge in [-0.25, -0.2) is 13.2 Å². The summed E-state index contributed by atoms with van der Waals surface area (Å²) in [5.41, 5.74) is -2.17. The van der Waals surface area contributed by atoms with Crippen molar-refractivity contribution >= 4 is 38.6 Å². The number of benzene rings is 2. The van der Waals surface area contributed by atoms with Gasteiger partial charge in [-0.3, -0.25) is 14.5 Å². The molecule has 0 unspecified atom stereocenters. The largest absolute Gasteiger partial charge is 0.447 e. The van der Waals surface area contributed by atoms with Crippen molar-refractivity contribution in [1.82, 2.24) is 14.8 Å². The molecule has 9 nitrogen and oxygen atoms in total. The fraction of sp³-hybridized carbons (Fsp3) is 0.320. The summed E-state index contributed by atoms with van der Waals surface area (Å²) in [5.74, 6) is -0.667. The van der Waals surface area contributed by atoms with Crippen LogP contribution in [0.4, 0.5) is 23.7 Å². The average molecular weight is 551 g/mol. The molecule has 3 aromatic rings. The van der Waals surface area contributed by atoms with Crippen molar-refractivity contribution in [3.63, 3.8) is 0 Å². The molecule has 0 saturated carbocycles. The quantitative estimate of drug-likeness (QED) is 0.506. The molecular weight excluding hydrogens is 525 g/mol. The number of hydrogen-bond donors (Lipinski definition) is 1. The Morgan fingerprint density at radius 3 is 2.32 bits per heavy atom. The molecule has 1 aliphatic heterocycles. The molecule has 13 heteroatoms. The number of nitrogens with zero attached hydrogens (tertiary/aromatic N) is 3. The highest BCUT2D eigenvalue weighted by molar-refractivity contribution is 7.93. The van der Waals surface area contributed by atoms with Crippen LogP contribution in [0.3, 0.4) is 0 Å². The number of alkyl halides is 3. The first-order valence-electron chi connectivity index (χ1n) is 11.7. The molecule has 1 saturated heterocycles. The molecule has 2 aromatic carbocycles. The normalized spacial score (nSPS) is 14.6. The maximum Gasteiger partial charge on any atom is 0.418 e. The van der Waals surface area contributed by atoms with Gasteiger partial charge in [0.1, 0.15) is 4.90 Å². The number of amides is 2. The van der Waals surface area contributed by atoms with Gasteiger partial charge in [-0.2, -0.15) is 13.2 Å². The van der Waals surface area contributed by atoms with Gasteiger partial charge in [-0.15, -0.1) is 0 Å². The fourth-order valence-electron chi connectivity index (χ4n) is 4.04. The third kappa shape index (κ3) is 5.82. The number of halogens is 3. The van der Waals surface area contributed by atoms with Crippen LogP contribution in [0.1, 0.15) is 29.8 Å². The number of anilines is 1. The minimum absolute atomic E-state index is 0.107. The summed E-state index contributed by atoms with van der Waals surface area (Å²) in [4.78, 5) is 31.6. The Bertz CT molecular complexity index is 1460. The van der Waals surface area contributed by atoms with Gasteiger partial charge in [0.25, 0.3) is 15.9 Å². The Morgan fingerprint density at radius 2 is 1.66 bits per heavy atom. The van der Waals surface area contributed by atoms with Crippen molar-refractivity contribution in [3.05, 3.63) is 65.9 Å². The van der Waals surface area contributed by atoms with Crippen molar-refractivity contribution in [1.29, 1.82) is 0 Å². The van der Waals surface area contributed by atoms with Gasteiger partial charge < -0.3 is 14.5 Å². The van der Waals surface area contributed by atoms with Crippen LogP contribution in [-0.2, 0) is 20.9 Å². The maximum absolute atomic E-state index is 14.0. The van der Waals surface area contributed by atoms with E-state index in [0.29, 0.717) is 11.5 Å². The number of para-hydroxylation sites is 1. The van der Waals surface area contributed by atoms with E-state index in [4.69, 9.17) is 4.74 Å². The lowest BCUT2D eigenvalue weighted by atomic mass is 10.1. The zero-order valence-corrected chi connectivity index (χ0v) is 21.3. The third-order valence-corrected chi connectivity index (χ3v) is 7.26. The lowest BCUT2D eigenvalue weighted by Crippen LogP contribution is -2.51. The highest BCUT2D eigenvalue weighted by Crippen LogP contribution is 2.37. The standard InChI is InChI=1S/C25H25F3N4O5S/c1-16(2)37-24(34)32-13-11-31(12-14-32)23(33)18-8-9-20(19(15-18)25(26,27)28)30-38(35,36)21-7-3-5-17-6-4-10-29-22(17)21/h3-10,15-16,30H,11-14H2,1-2H3. The van der Waals surface area contributed by atoms with Crippen LogP contribution in [0.5, 0.6) is 0 Å². The predicted octanol–water partition coefficient (Wildman–Crippen LogP) is 4.36. The molecule has 0 radical (unpaired) electrons. The topological polar surface area (TPSA) is 109 Å². The second-order valence-electron chi connectivity index (χ2n) is 8.91. The molecule has 0 bridgehead atoms. The minimum atomic E-state index is -4.95. The molecule has 2 amide bonds. The number of rotatable bonds is 5. The van der Waals surface area contributed by atoms with Crippen LogP contribution in [-0.4, -0.2) is 67.5 Å². The first kappa shape index (κ1) is 27.2. The number of pyridine rings is 1.